The van der Waals surface area contributed by atoms with Crippen LogP contribution in [0.3, 0.4) is 0 Å². The molecule has 4 nitrogen and oxygen atoms in total. The highest BCUT2D eigenvalue weighted by Crippen LogP contribution is 2.22. The number of nitrogens with one attached hydrogen (secondary N) is 1. The molecule has 3 rings (SSSR count). The van der Waals surface area contributed by atoms with Crippen molar-refractivity contribution in [1.82, 2.24) is 15.3 Å². The summed E-state index contributed by atoms with van der Waals surface area (Å²) in [6.45, 7) is 3.63. The minimum atomic E-state index is 0.753. The summed E-state index contributed by atoms with van der Waals surface area (Å²) in [4.78, 5) is 8.87. The zero-order chi connectivity index (χ0) is 10.3. The van der Waals surface area contributed by atoms with Crippen LogP contribution in [0.5, 0.6) is 0 Å². The number of rotatable bonds is 1. The Bertz CT molecular complexity index is 504. The molecule has 2 aromatic rings. The van der Waals surface area contributed by atoms with Gasteiger partial charge in [0.15, 0.2) is 5.82 Å². The molecular formula is C11H11N3O. The first-order valence-electron chi connectivity index (χ1n) is 4.94. The number of furan rings is 1. The number of hydrogen-bond acceptors (Lipinski definition) is 4. The van der Waals surface area contributed by atoms with Crippen LogP contribution >= 0.6 is 0 Å². The standard InChI is InChI=1S/C11H11N3O/c1-7-9(2-3-15-7)11-13-5-8-4-12-6-10(8)14-11/h2-3,5,12H,4,6H2,1H3. The first-order chi connectivity index (χ1) is 7.34. The van der Waals surface area contributed by atoms with Crippen molar-refractivity contribution in [1.29, 1.82) is 0 Å². The van der Waals surface area contributed by atoms with Crippen LogP contribution in [0, 0.1) is 6.92 Å². The zero-order valence-corrected chi connectivity index (χ0v) is 8.45. The lowest BCUT2D eigenvalue weighted by atomic mass is 10.2. The minimum Gasteiger partial charge on any atom is -0.469 e. The second-order valence-corrected chi connectivity index (χ2v) is 3.66. The predicted molar refractivity (Wildman–Crippen MR) is 55.0 cm³/mol. The third-order valence-electron chi connectivity index (χ3n) is 2.66. The topological polar surface area (TPSA) is 51.0 Å². The molecule has 1 aliphatic rings. The number of aryl methyl sites for hydroxylation is 1. The molecule has 0 fully saturated rings. The van der Waals surface area contributed by atoms with Gasteiger partial charge in [-0.3, -0.25) is 0 Å². The van der Waals surface area contributed by atoms with Gasteiger partial charge in [0, 0.05) is 24.8 Å². The van der Waals surface area contributed by atoms with E-state index in [2.05, 4.69) is 15.3 Å². The first kappa shape index (κ1) is 8.61. The summed E-state index contributed by atoms with van der Waals surface area (Å²) >= 11 is 0. The van der Waals surface area contributed by atoms with E-state index >= 15 is 0 Å². The third kappa shape index (κ3) is 1.34. The Morgan fingerprint density at radius 3 is 3.13 bits per heavy atom. The van der Waals surface area contributed by atoms with E-state index in [1.54, 1.807) is 6.26 Å². The molecule has 0 spiro atoms. The number of fused-ring (bicyclic) bond motifs is 1. The Balaban J connectivity index is 2.11. The summed E-state index contributed by atoms with van der Waals surface area (Å²) in [6.07, 6.45) is 3.56. The van der Waals surface area contributed by atoms with Gasteiger partial charge >= 0.3 is 0 Å². The highest BCUT2D eigenvalue weighted by atomic mass is 16.3. The minimum absolute atomic E-state index is 0.753. The van der Waals surface area contributed by atoms with Gasteiger partial charge in [0.05, 0.1) is 17.5 Å². The Hall–Kier alpha value is -1.68. The second-order valence-electron chi connectivity index (χ2n) is 3.66. The molecule has 15 heavy (non-hydrogen) atoms. The average molecular weight is 201 g/mol. The van der Waals surface area contributed by atoms with E-state index in [1.165, 1.54) is 5.56 Å². The summed E-state index contributed by atoms with van der Waals surface area (Å²) in [6, 6.07) is 1.90. The van der Waals surface area contributed by atoms with Gasteiger partial charge in [0.1, 0.15) is 5.76 Å². The molecule has 1 aliphatic heterocycles. The van der Waals surface area contributed by atoms with Crippen LogP contribution in [0.4, 0.5) is 0 Å². The highest BCUT2D eigenvalue weighted by molar-refractivity contribution is 5.57. The van der Waals surface area contributed by atoms with Crippen LogP contribution in [0.2, 0.25) is 0 Å². The van der Waals surface area contributed by atoms with Gasteiger partial charge in [0.2, 0.25) is 0 Å². The van der Waals surface area contributed by atoms with Gasteiger partial charge in [0.25, 0.3) is 0 Å². The summed E-state index contributed by atoms with van der Waals surface area (Å²) in [5, 5.41) is 3.25. The maximum absolute atomic E-state index is 5.24. The molecule has 0 aromatic carbocycles. The lowest BCUT2D eigenvalue weighted by Crippen LogP contribution is -2.00. The van der Waals surface area contributed by atoms with Crippen molar-refractivity contribution in [3.05, 3.63) is 35.5 Å². The molecule has 0 unspecified atom stereocenters. The van der Waals surface area contributed by atoms with Crippen LogP contribution in [0.25, 0.3) is 11.4 Å². The van der Waals surface area contributed by atoms with Gasteiger partial charge in [-0.05, 0) is 13.0 Å². The van der Waals surface area contributed by atoms with Crippen molar-refractivity contribution in [2.24, 2.45) is 0 Å². The summed E-state index contributed by atoms with van der Waals surface area (Å²) < 4.78 is 5.24. The fourth-order valence-electron chi connectivity index (χ4n) is 1.81. The first-order valence-corrected chi connectivity index (χ1v) is 4.94. The van der Waals surface area contributed by atoms with Gasteiger partial charge in [-0.25, -0.2) is 9.97 Å². The summed E-state index contributed by atoms with van der Waals surface area (Å²) in [5.74, 6) is 1.62. The molecule has 0 radical (unpaired) electrons. The van der Waals surface area contributed by atoms with Crippen LogP contribution in [-0.2, 0) is 13.1 Å². The van der Waals surface area contributed by atoms with Gasteiger partial charge in [-0.2, -0.15) is 0 Å². The maximum Gasteiger partial charge on any atom is 0.162 e. The van der Waals surface area contributed by atoms with E-state index in [0.717, 1.165) is 35.9 Å². The highest BCUT2D eigenvalue weighted by Gasteiger charge is 2.15. The molecule has 0 saturated carbocycles. The fourth-order valence-corrected chi connectivity index (χ4v) is 1.81. The van der Waals surface area contributed by atoms with Crippen LogP contribution in [0.15, 0.2) is 22.9 Å². The molecule has 76 valence electrons. The smallest absolute Gasteiger partial charge is 0.162 e. The van der Waals surface area contributed by atoms with E-state index in [9.17, 15) is 0 Å². The van der Waals surface area contributed by atoms with E-state index in [1.807, 2.05) is 19.2 Å². The Labute approximate surface area is 87.4 Å². The van der Waals surface area contributed by atoms with Gasteiger partial charge in [-0.15, -0.1) is 0 Å². The number of hydrogen-bond donors (Lipinski definition) is 1. The average Bonchev–Trinajstić information content (AvgIpc) is 2.84. The number of aromatic nitrogens is 2. The molecule has 1 N–H and O–H groups in total. The Morgan fingerprint density at radius 2 is 2.33 bits per heavy atom. The van der Waals surface area contributed by atoms with E-state index < -0.39 is 0 Å². The van der Waals surface area contributed by atoms with Crippen LogP contribution < -0.4 is 5.32 Å². The second kappa shape index (κ2) is 3.17. The lowest BCUT2D eigenvalue weighted by molar-refractivity contribution is 0.535. The van der Waals surface area contributed by atoms with Crippen molar-refractivity contribution in [2.45, 2.75) is 20.0 Å². The molecule has 0 aliphatic carbocycles. The largest absolute Gasteiger partial charge is 0.469 e. The molecule has 0 atom stereocenters. The van der Waals surface area contributed by atoms with Crippen LogP contribution in [-0.4, -0.2) is 9.97 Å². The molecular weight excluding hydrogens is 190 g/mol. The van der Waals surface area contributed by atoms with E-state index in [-0.39, 0.29) is 0 Å². The maximum atomic E-state index is 5.24. The Kier molecular flexibility index (Phi) is 1.82. The van der Waals surface area contributed by atoms with Crippen molar-refractivity contribution < 1.29 is 4.42 Å². The monoisotopic (exact) mass is 201 g/mol. The molecule has 2 aromatic heterocycles. The summed E-state index contributed by atoms with van der Waals surface area (Å²) in [5.41, 5.74) is 3.27. The van der Waals surface area contributed by atoms with Gasteiger partial charge in [-0.1, -0.05) is 0 Å². The quantitative estimate of drug-likeness (QED) is 0.762. The van der Waals surface area contributed by atoms with Crippen molar-refractivity contribution >= 4 is 0 Å². The fraction of sp³-hybridized carbons (Fsp3) is 0.273. The Morgan fingerprint density at radius 1 is 1.40 bits per heavy atom. The summed E-state index contributed by atoms with van der Waals surface area (Å²) in [7, 11) is 0. The molecule has 0 saturated heterocycles. The third-order valence-corrected chi connectivity index (χ3v) is 2.66. The molecule has 3 heterocycles. The zero-order valence-electron chi connectivity index (χ0n) is 8.45. The lowest BCUT2D eigenvalue weighted by Gasteiger charge is -2.00. The van der Waals surface area contributed by atoms with Crippen molar-refractivity contribution in [3.8, 4) is 11.4 Å². The van der Waals surface area contributed by atoms with Gasteiger partial charge < -0.3 is 9.73 Å². The van der Waals surface area contributed by atoms with Crippen molar-refractivity contribution in [2.75, 3.05) is 0 Å². The van der Waals surface area contributed by atoms with E-state index in [4.69, 9.17) is 4.42 Å². The normalized spacial score (nSPS) is 14.2. The van der Waals surface area contributed by atoms with Crippen LogP contribution in [0.1, 0.15) is 17.0 Å². The SMILES string of the molecule is Cc1occc1-c1ncc2c(n1)CNC2. The molecule has 0 bridgehead atoms. The molecule has 4 heteroatoms. The number of nitrogens with zero attached hydrogens (tertiary/aromatic N) is 2. The van der Waals surface area contributed by atoms with Crippen molar-refractivity contribution in [3.63, 3.8) is 0 Å². The molecule has 0 amide bonds. The predicted octanol–water partition coefficient (Wildman–Crippen LogP) is 1.65. The van der Waals surface area contributed by atoms with E-state index in [0.29, 0.717) is 0 Å².